The molecule has 0 saturated heterocycles. The van der Waals surface area contributed by atoms with Crippen LogP contribution in [0.2, 0.25) is 0 Å². The van der Waals surface area contributed by atoms with E-state index in [2.05, 4.69) is 60.4 Å². The predicted octanol–water partition coefficient (Wildman–Crippen LogP) is 4.44. The number of hydrogen-bond acceptors (Lipinski definition) is 2. The molecule has 0 atom stereocenters. The molecule has 1 aromatic heterocycles. The number of nitrogens with zero attached hydrogens (tertiary/aromatic N) is 2. The van der Waals surface area contributed by atoms with E-state index < -0.39 is 0 Å². The number of benzene rings is 1. The van der Waals surface area contributed by atoms with E-state index in [1.807, 2.05) is 0 Å². The van der Waals surface area contributed by atoms with Crippen LogP contribution in [0.25, 0.3) is 11.3 Å². The van der Waals surface area contributed by atoms with Crippen LogP contribution < -0.4 is 0 Å². The topological polar surface area (TPSA) is 25.8 Å². The van der Waals surface area contributed by atoms with Gasteiger partial charge in [-0.05, 0) is 37.0 Å². The Morgan fingerprint density at radius 1 is 0.789 bits per heavy atom. The zero-order valence-corrected chi connectivity index (χ0v) is 11.9. The second kappa shape index (κ2) is 7.03. The Morgan fingerprint density at radius 3 is 2.16 bits per heavy atom. The Morgan fingerprint density at radius 2 is 1.58 bits per heavy atom. The standard InChI is InChI=1S/C17H22N2/c1-3-5-7-14-8-10-15(11-9-14)17-13-12-16(6-4-2)18-19-17/h8-13H,3-7H2,1-2H3. The average molecular weight is 254 g/mol. The van der Waals surface area contributed by atoms with E-state index in [0.717, 1.165) is 36.2 Å². The van der Waals surface area contributed by atoms with Crippen LogP contribution in [-0.4, -0.2) is 10.2 Å². The van der Waals surface area contributed by atoms with E-state index in [9.17, 15) is 0 Å². The van der Waals surface area contributed by atoms with Gasteiger partial charge in [-0.2, -0.15) is 10.2 Å². The molecule has 0 unspecified atom stereocenters. The van der Waals surface area contributed by atoms with Gasteiger partial charge in [-0.15, -0.1) is 0 Å². The molecule has 2 rings (SSSR count). The van der Waals surface area contributed by atoms with E-state index in [0.29, 0.717) is 0 Å². The zero-order valence-electron chi connectivity index (χ0n) is 11.9. The van der Waals surface area contributed by atoms with Gasteiger partial charge in [0.25, 0.3) is 0 Å². The molecule has 0 N–H and O–H groups in total. The zero-order chi connectivity index (χ0) is 13.5. The van der Waals surface area contributed by atoms with Gasteiger partial charge in [0, 0.05) is 5.56 Å². The van der Waals surface area contributed by atoms with Crippen molar-refractivity contribution >= 4 is 0 Å². The molecule has 1 aromatic carbocycles. The maximum atomic E-state index is 4.31. The molecule has 2 heteroatoms. The van der Waals surface area contributed by atoms with E-state index in [1.54, 1.807) is 0 Å². The summed E-state index contributed by atoms with van der Waals surface area (Å²) in [6.45, 7) is 4.38. The van der Waals surface area contributed by atoms with Crippen molar-refractivity contribution in [1.82, 2.24) is 10.2 Å². The molecule has 0 spiro atoms. The summed E-state index contributed by atoms with van der Waals surface area (Å²) in [5.74, 6) is 0. The van der Waals surface area contributed by atoms with Crippen LogP contribution in [0.5, 0.6) is 0 Å². The fourth-order valence-electron chi connectivity index (χ4n) is 2.13. The van der Waals surface area contributed by atoms with Gasteiger partial charge >= 0.3 is 0 Å². The Bertz CT molecular complexity index is 486. The minimum Gasteiger partial charge on any atom is -0.155 e. The molecule has 0 saturated carbocycles. The van der Waals surface area contributed by atoms with Crippen molar-refractivity contribution in [2.24, 2.45) is 0 Å². The van der Waals surface area contributed by atoms with Gasteiger partial charge in [0.2, 0.25) is 0 Å². The summed E-state index contributed by atoms with van der Waals surface area (Å²) < 4.78 is 0. The first kappa shape index (κ1) is 13.7. The quantitative estimate of drug-likeness (QED) is 0.761. The second-order valence-electron chi connectivity index (χ2n) is 4.96. The van der Waals surface area contributed by atoms with Crippen molar-refractivity contribution in [2.75, 3.05) is 0 Å². The summed E-state index contributed by atoms with van der Waals surface area (Å²) in [5.41, 5.74) is 4.59. The van der Waals surface area contributed by atoms with Crippen molar-refractivity contribution in [3.63, 3.8) is 0 Å². The lowest BCUT2D eigenvalue weighted by molar-refractivity contribution is 0.795. The minimum atomic E-state index is 0.960. The highest BCUT2D eigenvalue weighted by Gasteiger charge is 2.01. The van der Waals surface area contributed by atoms with Crippen LogP contribution in [0.15, 0.2) is 36.4 Å². The number of rotatable bonds is 6. The lowest BCUT2D eigenvalue weighted by Gasteiger charge is -2.04. The molecule has 1 heterocycles. The summed E-state index contributed by atoms with van der Waals surface area (Å²) >= 11 is 0. The number of aryl methyl sites for hydroxylation is 2. The lowest BCUT2D eigenvalue weighted by Crippen LogP contribution is -1.94. The number of unbranched alkanes of at least 4 members (excludes halogenated alkanes) is 1. The summed E-state index contributed by atoms with van der Waals surface area (Å²) in [7, 11) is 0. The highest BCUT2D eigenvalue weighted by molar-refractivity contribution is 5.58. The van der Waals surface area contributed by atoms with Crippen LogP contribution >= 0.6 is 0 Å². The maximum Gasteiger partial charge on any atom is 0.0929 e. The molecule has 2 aromatic rings. The highest BCUT2D eigenvalue weighted by atomic mass is 15.1. The second-order valence-corrected chi connectivity index (χ2v) is 4.96. The number of aromatic nitrogens is 2. The van der Waals surface area contributed by atoms with Crippen molar-refractivity contribution in [3.8, 4) is 11.3 Å². The molecule has 0 fully saturated rings. The third-order valence-corrected chi connectivity index (χ3v) is 3.29. The van der Waals surface area contributed by atoms with Gasteiger partial charge in [0.15, 0.2) is 0 Å². The molecule has 0 aliphatic heterocycles. The van der Waals surface area contributed by atoms with Gasteiger partial charge in [-0.3, -0.25) is 0 Å². The van der Waals surface area contributed by atoms with E-state index in [4.69, 9.17) is 0 Å². The van der Waals surface area contributed by atoms with Crippen molar-refractivity contribution < 1.29 is 0 Å². The Balaban J connectivity index is 2.08. The van der Waals surface area contributed by atoms with Gasteiger partial charge < -0.3 is 0 Å². The highest BCUT2D eigenvalue weighted by Crippen LogP contribution is 2.18. The normalized spacial score (nSPS) is 10.6. The molecule has 0 aliphatic rings. The summed E-state index contributed by atoms with van der Waals surface area (Å²) in [6.07, 6.45) is 5.78. The Labute approximate surface area is 115 Å². The van der Waals surface area contributed by atoms with Crippen molar-refractivity contribution in [2.45, 2.75) is 46.0 Å². The fraction of sp³-hybridized carbons (Fsp3) is 0.412. The summed E-state index contributed by atoms with van der Waals surface area (Å²) in [5, 5.41) is 8.58. The monoisotopic (exact) mass is 254 g/mol. The third kappa shape index (κ3) is 3.88. The van der Waals surface area contributed by atoms with E-state index in [1.165, 1.54) is 18.4 Å². The summed E-state index contributed by atoms with van der Waals surface area (Å²) in [4.78, 5) is 0. The molecule has 0 radical (unpaired) electrons. The minimum absolute atomic E-state index is 0.960. The fourth-order valence-corrected chi connectivity index (χ4v) is 2.13. The molecule has 2 nitrogen and oxygen atoms in total. The molecule has 100 valence electrons. The van der Waals surface area contributed by atoms with Crippen molar-refractivity contribution in [3.05, 3.63) is 47.7 Å². The molecular weight excluding hydrogens is 232 g/mol. The van der Waals surface area contributed by atoms with Crippen LogP contribution in [0.4, 0.5) is 0 Å². The molecular formula is C17H22N2. The first-order valence-electron chi connectivity index (χ1n) is 7.25. The molecule has 0 aliphatic carbocycles. The van der Waals surface area contributed by atoms with Gasteiger partial charge in [-0.1, -0.05) is 51.0 Å². The molecule has 19 heavy (non-hydrogen) atoms. The number of hydrogen-bond donors (Lipinski definition) is 0. The van der Waals surface area contributed by atoms with Crippen LogP contribution in [0.3, 0.4) is 0 Å². The first-order valence-corrected chi connectivity index (χ1v) is 7.25. The smallest absolute Gasteiger partial charge is 0.0929 e. The Hall–Kier alpha value is -1.70. The first-order chi connectivity index (χ1) is 9.33. The van der Waals surface area contributed by atoms with Gasteiger partial charge in [0.05, 0.1) is 11.4 Å². The van der Waals surface area contributed by atoms with E-state index >= 15 is 0 Å². The Kier molecular flexibility index (Phi) is 5.08. The maximum absolute atomic E-state index is 4.31. The molecule has 0 amide bonds. The molecule has 0 bridgehead atoms. The van der Waals surface area contributed by atoms with Crippen LogP contribution in [0.1, 0.15) is 44.4 Å². The van der Waals surface area contributed by atoms with Gasteiger partial charge in [0.1, 0.15) is 0 Å². The van der Waals surface area contributed by atoms with E-state index in [-0.39, 0.29) is 0 Å². The largest absolute Gasteiger partial charge is 0.155 e. The van der Waals surface area contributed by atoms with Crippen LogP contribution in [-0.2, 0) is 12.8 Å². The third-order valence-electron chi connectivity index (χ3n) is 3.29. The lowest BCUT2D eigenvalue weighted by atomic mass is 10.0. The van der Waals surface area contributed by atoms with Crippen molar-refractivity contribution in [1.29, 1.82) is 0 Å². The predicted molar refractivity (Wildman–Crippen MR) is 80.1 cm³/mol. The SMILES string of the molecule is CCCCc1ccc(-c2ccc(CCC)nn2)cc1. The average Bonchev–Trinajstić information content (AvgIpc) is 2.47. The van der Waals surface area contributed by atoms with Gasteiger partial charge in [-0.25, -0.2) is 0 Å². The summed E-state index contributed by atoms with van der Waals surface area (Å²) in [6, 6.07) is 12.8. The van der Waals surface area contributed by atoms with Crippen LogP contribution in [0, 0.1) is 0 Å².